The first-order valence-corrected chi connectivity index (χ1v) is 8.18. The summed E-state index contributed by atoms with van der Waals surface area (Å²) in [4.78, 5) is 11.1. The van der Waals surface area contributed by atoms with Crippen LogP contribution >= 0.6 is 7.44 Å². The average Bonchev–Trinajstić information content (AvgIpc) is 2.06. The van der Waals surface area contributed by atoms with E-state index in [0.29, 0.717) is 6.42 Å². The molecule has 0 aliphatic carbocycles. The maximum Gasteiger partial charge on any atom is 0.340 e. The van der Waals surface area contributed by atoms with Gasteiger partial charge in [0.2, 0.25) is 13.4 Å². The number of carbonyl (C=O) groups is 1. The fourth-order valence-electron chi connectivity index (χ4n) is 1.59. The van der Waals surface area contributed by atoms with Crippen molar-refractivity contribution in [3.05, 3.63) is 0 Å². The highest BCUT2D eigenvalue weighted by Crippen LogP contribution is 2.33. The summed E-state index contributed by atoms with van der Waals surface area (Å²) in [6.45, 7) is 0. The minimum Gasteiger partial charge on any atom is -0.351 e. The molecule has 9 nitrogen and oxygen atoms in total. The fraction of sp³-hybridized carbons (Fsp3) is 0.833. The van der Waals surface area contributed by atoms with Crippen molar-refractivity contribution in [2.24, 2.45) is 11.2 Å². The van der Waals surface area contributed by atoms with Crippen LogP contribution in [0.3, 0.4) is 0 Å². The first-order chi connectivity index (χ1) is 7.59. The number of nitrogens with two attached hydrogens (primary N) is 2. The summed E-state index contributed by atoms with van der Waals surface area (Å²) in [5, 5.41) is 2.48. The zero-order chi connectivity index (χ0) is 13.3. The van der Waals surface area contributed by atoms with Gasteiger partial charge in [-0.15, -0.1) is 4.49 Å². The lowest BCUT2D eigenvalue weighted by atomic mass is 10.0. The van der Waals surface area contributed by atoms with Crippen LogP contribution in [0.5, 0.6) is 0 Å². The van der Waals surface area contributed by atoms with E-state index in [2.05, 4.69) is 5.32 Å². The van der Waals surface area contributed by atoms with E-state index < -0.39 is 29.8 Å². The van der Waals surface area contributed by atoms with Gasteiger partial charge in [-0.2, -0.15) is 8.42 Å². The van der Waals surface area contributed by atoms with Crippen molar-refractivity contribution in [1.82, 2.24) is 9.81 Å². The number of carbonyl (C=O) groups excluding carboxylic acids is 1. The van der Waals surface area contributed by atoms with Gasteiger partial charge in [-0.05, 0) is 6.42 Å². The molecular formula is C6H15N4O5PS. The van der Waals surface area contributed by atoms with Crippen LogP contribution in [-0.2, 0) is 19.7 Å². The molecule has 1 unspecified atom stereocenters. The Morgan fingerprint density at radius 1 is 1.59 bits per heavy atom. The van der Waals surface area contributed by atoms with Gasteiger partial charge >= 0.3 is 10.3 Å². The van der Waals surface area contributed by atoms with Crippen molar-refractivity contribution in [3.8, 4) is 0 Å². The van der Waals surface area contributed by atoms with Crippen molar-refractivity contribution in [1.29, 1.82) is 0 Å². The van der Waals surface area contributed by atoms with E-state index in [1.54, 1.807) is 0 Å². The third-order valence-corrected chi connectivity index (χ3v) is 5.40. The van der Waals surface area contributed by atoms with E-state index in [1.165, 1.54) is 4.49 Å². The Labute approximate surface area is 98.7 Å². The van der Waals surface area contributed by atoms with Crippen LogP contribution in [0.4, 0.5) is 0 Å². The number of piperidine rings is 1. The van der Waals surface area contributed by atoms with Crippen molar-refractivity contribution >= 4 is 23.7 Å². The van der Waals surface area contributed by atoms with Gasteiger partial charge in [0.15, 0.2) is 0 Å². The van der Waals surface area contributed by atoms with Crippen molar-refractivity contribution < 1.29 is 22.3 Å². The lowest BCUT2D eigenvalue weighted by Gasteiger charge is -2.30. The van der Waals surface area contributed by atoms with E-state index in [1.807, 2.05) is 0 Å². The zero-order valence-corrected chi connectivity index (χ0v) is 10.6. The normalized spacial score (nSPS) is 29.5. The minimum absolute atomic E-state index is 0.261. The summed E-state index contributed by atoms with van der Waals surface area (Å²) < 4.78 is 42.6. The van der Waals surface area contributed by atoms with Gasteiger partial charge in [0.1, 0.15) is 0 Å². The maximum absolute atomic E-state index is 11.7. The number of rotatable bonds is 4. The molecule has 0 aromatic carbocycles. The van der Waals surface area contributed by atoms with Crippen molar-refractivity contribution in [2.45, 2.75) is 24.9 Å². The van der Waals surface area contributed by atoms with E-state index in [0.717, 1.165) is 0 Å². The van der Waals surface area contributed by atoms with Gasteiger partial charge in [0.25, 0.3) is 0 Å². The summed E-state index contributed by atoms with van der Waals surface area (Å²) in [5.74, 6) is -0.261. The number of hydrogen-bond donors (Lipinski definition) is 5. The van der Waals surface area contributed by atoms with Gasteiger partial charge < -0.3 is 11.1 Å². The molecule has 3 atom stereocenters. The monoisotopic (exact) mass is 286 g/mol. The molecule has 1 fully saturated rings. The minimum atomic E-state index is -4.66. The molecule has 1 aliphatic heterocycles. The number of hydrogen-bond acceptors (Lipinski definition) is 5. The van der Waals surface area contributed by atoms with Gasteiger partial charge in [-0.25, -0.2) is 0 Å². The largest absolute Gasteiger partial charge is 0.351 e. The predicted molar refractivity (Wildman–Crippen MR) is 60.5 cm³/mol. The highest BCUT2D eigenvalue weighted by atomic mass is 32.2. The third kappa shape index (κ3) is 5.11. The SMILES string of the molecule is N[C@H]1CCC(=O)N[C@H]1CP(N)(=O)NS(=O)(=O)O. The smallest absolute Gasteiger partial charge is 0.340 e. The summed E-state index contributed by atoms with van der Waals surface area (Å²) in [7, 11) is -8.48. The fourth-order valence-corrected chi connectivity index (χ4v) is 4.40. The Balaban J connectivity index is 2.69. The molecule has 0 aromatic heterocycles. The van der Waals surface area contributed by atoms with Crippen LogP contribution in [0.1, 0.15) is 12.8 Å². The highest BCUT2D eigenvalue weighted by molar-refractivity contribution is 7.91. The summed E-state index contributed by atoms with van der Waals surface area (Å²) in [5.41, 5.74) is 10.9. The highest BCUT2D eigenvalue weighted by Gasteiger charge is 2.33. The number of amides is 1. The zero-order valence-electron chi connectivity index (χ0n) is 8.87. The topological polar surface area (TPSA) is 165 Å². The summed E-state index contributed by atoms with van der Waals surface area (Å²) in [6.07, 6.45) is 0.320. The van der Waals surface area contributed by atoms with E-state index in [4.69, 9.17) is 15.8 Å². The van der Waals surface area contributed by atoms with Gasteiger partial charge in [0.05, 0.1) is 6.04 Å². The molecule has 1 aliphatic rings. The molecule has 0 saturated carbocycles. The second-order valence-electron chi connectivity index (χ2n) is 3.92. The molecule has 1 amide bonds. The molecule has 1 saturated heterocycles. The maximum atomic E-state index is 11.7. The van der Waals surface area contributed by atoms with Crippen LogP contribution in [0.2, 0.25) is 0 Å². The molecular weight excluding hydrogens is 271 g/mol. The van der Waals surface area contributed by atoms with Crippen LogP contribution < -0.4 is 21.0 Å². The van der Waals surface area contributed by atoms with Crippen LogP contribution in [0, 0.1) is 0 Å². The summed E-state index contributed by atoms with van der Waals surface area (Å²) in [6, 6.07) is -1.13. The van der Waals surface area contributed by atoms with Crippen molar-refractivity contribution in [2.75, 3.05) is 6.16 Å². The Kier molecular flexibility index (Phi) is 4.28. The Morgan fingerprint density at radius 2 is 2.18 bits per heavy atom. The summed E-state index contributed by atoms with van der Waals surface area (Å²) >= 11 is 0. The molecule has 1 heterocycles. The van der Waals surface area contributed by atoms with E-state index >= 15 is 0 Å². The molecule has 1 rings (SSSR count). The predicted octanol–water partition coefficient (Wildman–Crippen LogP) is -1.86. The molecule has 0 spiro atoms. The lowest BCUT2D eigenvalue weighted by molar-refractivity contribution is -0.123. The van der Waals surface area contributed by atoms with Gasteiger partial charge in [0, 0.05) is 18.6 Å². The Bertz CT molecular complexity index is 451. The molecule has 0 aromatic rings. The quantitative estimate of drug-likeness (QED) is 0.298. The molecule has 0 bridgehead atoms. The molecule has 100 valence electrons. The van der Waals surface area contributed by atoms with Crippen LogP contribution in [-0.4, -0.2) is 37.1 Å². The second kappa shape index (κ2) is 5.01. The van der Waals surface area contributed by atoms with Crippen LogP contribution in [0.15, 0.2) is 0 Å². The van der Waals surface area contributed by atoms with E-state index in [9.17, 15) is 17.8 Å². The van der Waals surface area contributed by atoms with Gasteiger partial charge in [-0.1, -0.05) is 0 Å². The molecule has 0 radical (unpaired) electrons. The van der Waals surface area contributed by atoms with E-state index in [-0.39, 0.29) is 18.5 Å². The first-order valence-electron chi connectivity index (χ1n) is 4.78. The second-order valence-corrected chi connectivity index (χ2v) is 7.56. The molecule has 7 N–H and O–H groups in total. The standard InChI is InChI=1S/C6H15N4O5PS/c7-4-1-2-6(11)9-5(4)3-16(8,12)10-17(13,14)15/h4-5H,1-3,7H2,(H,9,11)(H3,8,10,12)(H,13,14,15)/t4-,5-,16?/m0/s1. The van der Waals surface area contributed by atoms with Crippen molar-refractivity contribution in [3.63, 3.8) is 0 Å². The Hall–Kier alpha value is -0.510. The van der Waals surface area contributed by atoms with Gasteiger partial charge in [-0.3, -0.25) is 19.4 Å². The molecule has 17 heavy (non-hydrogen) atoms. The molecule has 11 heteroatoms. The third-order valence-electron chi connectivity index (χ3n) is 2.31. The number of nitrogens with one attached hydrogen (secondary N) is 2. The lowest BCUT2D eigenvalue weighted by Crippen LogP contribution is -2.54. The van der Waals surface area contributed by atoms with Crippen LogP contribution in [0.25, 0.3) is 0 Å². The first kappa shape index (κ1) is 14.6. The average molecular weight is 286 g/mol. The Morgan fingerprint density at radius 3 is 2.71 bits per heavy atom.